The lowest BCUT2D eigenvalue weighted by Gasteiger charge is -2.16. The van der Waals surface area contributed by atoms with Crippen molar-refractivity contribution < 1.29 is 4.39 Å². The van der Waals surface area contributed by atoms with Crippen LogP contribution >= 0.6 is 0 Å². The van der Waals surface area contributed by atoms with Gasteiger partial charge in [-0.05, 0) is 42.2 Å². The number of aryl methyl sites for hydroxylation is 1. The number of benzene rings is 2. The first-order chi connectivity index (χ1) is 9.15. The SMILES string of the molecule is Cc1ccc(NC2CC(N)c3ccccc32)c(F)c1. The summed E-state index contributed by atoms with van der Waals surface area (Å²) in [6.45, 7) is 1.88. The summed E-state index contributed by atoms with van der Waals surface area (Å²) >= 11 is 0. The summed E-state index contributed by atoms with van der Waals surface area (Å²) in [5, 5.41) is 3.27. The van der Waals surface area contributed by atoms with Crippen molar-refractivity contribution in [1.82, 2.24) is 0 Å². The van der Waals surface area contributed by atoms with Gasteiger partial charge in [0.05, 0.1) is 11.7 Å². The van der Waals surface area contributed by atoms with Crippen LogP contribution in [-0.2, 0) is 0 Å². The van der Waals surface area contributed by atoms with Gasteiger partial charge >= 0.3 is 0 Å². The fourth-order valence-electron chi connectivity index (χ4n) is 2.74. The topological polar surface area (TPSA) is 38.0 Å². The van der Waals surface area contributed by atoms with E-state index in [-0.39, 0.29) is 17.9 Å². The Bertz CT molecular complexity index is 609. The molecule has 98 valence electrons. The molecule has 0 radical (unpaired) electrons. The Morgan fingerprint density at radius 1 is 1.16 bits per heavy atom. The molecular weight excluding hydrogens is 239 g/mol. The third-order valence-electron chi connectivity index (χ3n) is 3.71. The number of hydrogen-bond donors (Lipinski definition) is 2. The minimum absolute atomic E-state index is 0.0298. The van der Waals surface area contributed by atoms with Gasteiger partial charge in [0.1, 0.15) is 5.82 Å². The predicted molar refractivity (Wildman–Crippen MR) is 75.5 cm³/mol. The molecule has 3 rings (SSSR count). The average Bonchev–Trinajstić information content (AvgIpc) is 2.71. The quantitative estimate of drug-likeness (QED) is 0.860. The molecule has 3 N–H and O–H groups in total. The van der Waals surface area contributed by atoms with Gasteiger partial charge in [0.25, 0.3) is 0 Å². The van der Waals surface area contributed by atoms with Crippen molar-refractivity contribution in [1.29, 1.82) is 0 Å². The van der Waals surface area contributed by atoms with E-state index < -0.39 is 0 Å². The number of hydrogen-bond acceptors (Lipinski definition) is 2. The Morgan fingerprint density at radius 3 is 2.63 bits per heavy atom. The molecule has 0 aliphatic heterocycles. The molecular formula is C16H17FN2. The van der Waals surface area contributed by atoms with Crippen LogP contribution in [0, 0.1) is 12.7 Å². The van der Waals surface area contributed by atoms with Crippen LogP contribution in [0.5, 0.6) is 0 Å². The van der Waals surface area contributed by atoms with E-state index in [1.54, 1.807) is 12.1 Å². The van der Waals surface area contributed by atoms with Gasteiger partial charge in [0.2, 0.25) is 0 Å². The Labute approximate surface area is 112 Å². The maximum Gasteiger partial charge on any atom is 0.146 e. The van der Waals surface area contributed by atoms with Gasteiger partial charge in [-0.25, -0.2) is 4.39 Å². The number of anilines is 1. The molecule has 0 amide bonds. The molecule has 19 heavy (non-hydrogen) atoms. The lowest BCUT2D eigenvalue weighted by molar-refractivity contribution is 0.613. The van der Waals surface area contributed by atoms with Crippen LogP contribution in [0.3, 0.4) is 0 Å². The van der Waals surface area contributed by atoms with E-state index in [0.29, 0.717) is 5.69 Å². The largest absolute Gasteiger partial charge is 0.376 e. The van der Waals surface area contributed by atoms with Crippen LogP contribution in [0.15, 0.2) is 42.5 Å². The van der Waals surface area contributed by atoms with E-state index in [2.05, 4.69) is 11.4 Å². The number of fused-ring (bicyclic) bond motifs is 1. The van der Waals surface area contributed by atoms with E-state index in [4.69, 9.17) is 5.73 Å². The first-order valence-corrected chi connectivity index (χ1v) is 6.52. The lowest BCUT2D eigenvalue weighted by atomic mass is 10.1. The van der Waals surface area contributed by atoms with Crippen molar-refractivity contribution in [2.45, 2.75) is 25.4 Å². The normalized spacial score (nSPS) is 21.2. The zero-order valence-corrected chi connectivity index (χ0v) is 10.9. The molecule has 0 saturated heterocycles. The molecule has 0 spiro atoms. The molecule has 0 fully saturated rings. The zero-order chi connectivity index (χ0) is 13.4. The second-order valence-electron chi connectivity index (χ2n) is 5.15. The van der Waals surface area contributed by atoms with Gasteiger partial charge in [-0.15, -0.1) is 0 Å². The highest BCUT2D eigenvalue weighted by molar-refractivity contribution is 5.51. The van der Waals surface area contributed by atoms with E-state index in [0.717, 1.165) is 17.5 Å². The van der Waals surface area contributed by atoms with Crippen LogP contribution in [0.2, 0.25) is 0 Å². The Balaban J connectivity index is 1.89. The molecule has 2 unspecified atom stereocenters. The second-order valence-corrected chi connectivity index (χ2v) is 5.15. The number of halogens is 1. The smallest absolute Gasteiger partial charge is 0.146 e. The van der Waals surface area contributed by atoms with E-state index in [1.807, 2.05) is 31.2 Å². The van der Waals surface area contributed by atoms with Gasteiger partial charge in [-0.3, -0.25) is 0 Å². The van der Waals surface area contributed by atoms with Crippen LogP contribution < -0.4 is 11.1 Å². The third kappa shape index (κ3) is 2.22. The maximum atomic E-state index is 13.9. The first kappa shape index (κ1) is 12.2. The first-order valence-electron chi connectivity index (χ1n) is 6.52. The van der Waals surface area contributed by atoms with Crippen molar-refractivity contribution in [2.75, 3.05) is 5.32 Å². The Kier molecular flexibility index (Phi) is 2.99. The minimum atomic E-state index is -0.210. The average molecular weight is 256 g/mol. The summed E-state index contributed by atoms with van der Waals surface area (Å²) in [5.41, 5.74) is 9.92. The molecule has 2 aromatic carbocycles. The number of nitrogens with one attached hydrogen (secondary N) is 1. The highest BCUT2D eigenvalue weighted by Gasteiger charge is 2.28. The zero-order valence-electron chi connectivity index (χ0n) is 10.9. The predicted octanol–water partition coefficient (Wildman–Crippen LogP) is 3.69. The van der Waals surface area contributed by atoms with Crippen LogP contribution in [0.1, 0.15) is 35.2 Å². The summed E-state index contributed by atoms with van der Waals surface area (Å²) < 4.78 is 13.9. The van der Waals surface area contributed by atoms with E-state index >= 15 is 0 Å². The van der Waals surface area contributed by atoms with E-state index in [9.17, 15) is 4.39 Å². The summed E-state index contributed by atoms with van der Waals surface area (Å²) in [6.07, 6.45) is 0.798. The van der Waals surface area contributed by atoms with Crippen LogP contribution in [0.4, 0.5) is 10.1 Å². The number of rotatable bonds is 2. The van der Waals surface area contributed by atoms with E-state index in [1.165, 1.54) is 5.56 Å². The van der Waals surface area contributed by atoms with Gasteiger partial charge in [-0.2, -0.15) is 0 Å². The van der Waals surface area contributed by atoms with Crippen molar-refractivity contribution in [3.8, 4) is 0 Å². The fourth-order valence-corrected chi connectivity index (χ4v) is 2.74. The minimum Gasteiger partial charge on any atom is -0.376 e. The molecule has 2 aromatic rings. The molecule has 2 atom stereocenters. The maximum absolute atomic E-state index is 13.9. The molecule has 2 nitrogen and oxygen atoms in total. The van der Waals surface area contributed by atoms with Crippen molar-refractivity contribution in [2.24, 2.45) is 5.73 Å². The van der Waals surface area contributed by atoms with Gasteiger partial charge in [0, 0.05) is 6.04 Å². The Hall–Kier alpha value is -1.87. The summed E-state index contributed by atoms with van der Waals surface area (Å²) in [7, 11) is 0. The monoisotopic (exact) mass is 256 g/mol. The fraction of sp³-hybridized carbons (Fsp3) is 0.250. The van der Waals surface area contributed by atoms with Crippen LogP contribution in [0.25, 0.3) is 0 Å². The van der Waals surface area contributed by atoms with Crippen molar-refractivity contribution in [3.63, 3.8) is 0 Å². The third-order valence-corrected chi connectivity index (χ3v) is 3.71. The van der Waals surface area contributed by atoms with Crippen molar-refractivity contribution >= 4 is 5.69 Å². The second kappa shape index (κ2) is 4.67. The van der Waals surface area contributed by atoms with Crippen molar-refractivity contribution in [3.05, 3.63) is 65.0 Å². The van der Waals surface area contributed by atoms with Gasteiger partial charge in [-0.1, -0.05) is 30.3 Å². The highest BCUT2D eigenvalue weighted by Crippen LogP contribution is 2.39. The van der Waals surface area contributed by atoms with Gasteiger partial charge < -0.3 is 11.1 Å². The highest BCUT2D eigenvalue weighted by atomic mass is 19.1. The lowest BCUT2D eigenvalue weighted by Crippen LogP contribution is -2.10. The number of nitrogens with two attached hydrogens (primary N) is 1. The standard InChI is InChI=1S/C16H17FN2/c1-10-6-7-15(13(17)8-10)19-16-9-14(18)11-4-2-3-5-12(11)16/h2-8,14,16,19H,9,18H2,1H3. The summed E-state index contributed by atoms with van der Waals surface area (Å²) in [6, 6.07) is 13.5. The molecule has 0 heterocycles. The molecule has 0 aromatic heterocycles. The molecule has 3 heteroatoms. The summed E-state index contributed by atoms with van der Waals surface area (Å²) in [4.78, 5) is 0. The summed E-state index contributed by atoms with van der Waals surface area (Å²) in [5.74, 6) is -0.210. The molecule has 0 bridgehead atoms. The Morgan fingerprint density at radius 2 is 1.89 bits per heavy atom. The molecule has 1 aliphatic rings. The molecule has 0 saturated carbocycles. The molecule has 1 aliphatic carbocycles. The van der Waals surface area contributed by atoms with Crippen LogP contribution in [-0.4, -0.2) is 0 Å². The van der Waals surface area contributed by atoms with Gasteiger partial charge in [0.15, 0.2) is 0 Å².